The van der Waals surface area contributed by atoms with E-state index in [1.165, 1.54) is 17.7 Å². The van der Waals surface area contributed by atoms with E-state index in [1.54, 1.807) is 12.1 Å². The molecular formula is C18H18FNO. The highest BCUT2D eigenvalue weighted by Crippen LogP contribution is 2.49. The van der Waals surface area contributed by atoms with E-state index in [0.29, 0.717) is 0 Å². The summed E-state index contributed by atoms with van der Waals surface area (Å²) in [4.78, 5) is 12.6. The maximum Gasteiger partial charge on any atom is 0.235 e. The van der Waals surface area contributed by atoms with E-state index < -0.39 is 5.41 Å². The van der Waals surface area contributed by atoms with Crippen molar-refractivity contribution in [2.75, 3.05) is 5.32 Å². The number of anilines is 1. The fraction of sp³-hybridized carbons (Fsp3) is 0.278. The lowest BCUT2D eigenvalue weighted by Crippen LogP contribution is -2.28. The van der Waals surface area contributed by atoms with E-state index in [1.807, 2.05) is 32.0 Å². The van der Waals surface area contributed by atoms with E-state index in [-0.39, 0.29) is 11.7 Å². The van der Waals surface area contributed by atoms with Gasteiger partial charge in [0.2, 0.25) is 5.91 Å². The van der Waals surface area contributed by atoms with Crippen LogP contribution in [0, 0.1) is 19.7 Å². The second kappa shape index (κ2) is 4.99. The SMILES string of the molecule is Cc1ccc(NC(=O)C2(c3ccc(F)cc3)CC2)c(C)c1. The highest BCUT2D eigenvalue weighted by atomic mass is 19.1. The van der Waals surface area contributed by atoms with Gasteiger partial charge in [-0.05, 0) is 56.0 Å². The third kappa shape index (κ3) is 2.56. The van der Waals surface area contributed by atoms with Gasteiger partial charge in [-0.1, -0.05) is 29.8 Å². The fourth-order valence-electron chi connectivity index (χ4n) is 2.74. The number of carbonyl (C=O) groups is 1. The molecule has 3 heteroatoms. The Balaban J connectivity index is 1.83. The van der Waals surface area contributed by atoms with Gasteiger partial charge in [0.05, 0.1) is 5.41 Å². The molecular weight excluding hydrogens is 265 g/mol. The number of amides is 1. The van der Waals surface area contributed by atoms with Crippen LogP contribution in [0.15, 0.2) is 42.5 Å². The Hall–Kier alpha value is -2.16. The molecule has 0 aromatic heterocycles. The molecule has 1 amide bonds. The van der Waals surface area contributed by atoms with Gasteiger partial charge in [-0.15, -0.1) is 0 Å². The molecule has 1 N–H and O–H groups in total. The second-order valence-corrected chi connectivity index (χ2v) is 5.86. The summed E-state index contributed by atoms with van der Waals surface area (Å²) in [5.41, 5.74) is 3.49. The Labute approximate surface area is 124 Å². The van der Waals surface area contributed by atoms with Crippen molar-refractivity contribution in [3.63, 3.8) is 0 Å². The van der Waals surface area contributed by atoms with Crippen LogP contribution < -0.4 is 5.32 Å². The van der Waals surface area contributed by atoms with E-state index in [9.17, 15) is 9.18 Å². The lowest BCUT2D eigenvalue weighted by atomic mass is 9.94. The molecule has 0 unspecified atom stereocenters. The highest BCUT2D eigenvalue weighted by molar-refractivity contribution is 6.01. The summed E-state index contributed by atoms with van der Waals surface area (Å²) in [6.07, 6.45) is 1.63. The first kappa shape index (κ1) is 13.8. The molecule has 0 bridgehead atoms. The summed E-state index contributed by atoms with van der Waals surface area (Å²) in [5.74, 6) is -0.273. The number of carbonyl (C=O) groups excluding carboxylic acids is 1. The van der Waals surface area contributed by atoms with Crippen LogP contribution in [0.25, 0.3) is 0 Å². The van der Waals surface area contributed by atoms with Gasteiger partial charge in [0, 0.05) is 5.69 Å². The molecule has 0 saturated heterocycles. The Bertz CT molecular complexity index is 687. The molecule has 108 valence electrons. The Morgan fingerprint density at radius 3 is 2.33 bits per heavy atom. The summed E-state index contributed by atoms with van der Waals surface area (Å²) in [6.45, 7) is 4.01. The van der Waals surface area contributed by atoms with Crippen LogP contribution in [0.4, 0.5) is 10.1 Å². The minimum atomic E-state index is -0.481. The number of halogens is 1. The van der Waals surface area contributed by atoms with Gasteiger partial charge >= 0.3 is 0 Å². The summed E-state index contributed by atoms with van der Waals surface area (Å²) in [6, 6.07) is 12.2. The number of rotatable bonds is 3. The van der Waals surface area contributed by atoms with Crippen LogP contribution >= 0.6 is 0 Å². The second-order valence-electron chi connectivity index (χ2n) is 5.86. The van der Waals surface area contributed by atoms with Crippen LogP contribution in [0.5, 0.6) is 0 Å². The summed E-state index contributed by atoms with van der Waals surface area (Å²) < 4.78 is 13.0. The van der Waals surface area contributed by atoms with Gasteiger partial charge in [0.15, 0.2) is 0 Å². The largest absolute Gasteiger partial charge is 0.325 e. The van der Waals surface area contributed by atoms with Gasteiger partial charge in [-0.2, -0.15) is 0 Å². The van der Waals surface area contributed by atoms with Crippen LogP contribution in [-0.2, 0) is 10.2 Å². The molecule has 2 aromatic rings. The quantitative estimate of drug-likeness (QED) is 0.902. The normalized spacial score (nSPS) is 15.6. The number of nitrogens with one attached hydrogen (secondary N) is 1. The van der Waals surface area contributed by atoms with E-state index in [2.05, 4.69) is 5.32 Å². The van der Waals surface area contributed by atoms with E-state index >= 15 is 0 Å². The Kier molecular flexibility index (Phi) is 3.28. The molecule has 0 aliphatic heterocycles. The third-order valence-corrected chi connectivity index (χ3v) is 4.21. The molecule has 1 saturated carbocycles. The number of hydrogen-bond acceptors (Lipinski definition) is 1. The zero-order chi connectivity index (χ0) is 15.0. The molecule has 2 aromatic carbocycles. The van der Waals surface area contributed by atoms with Crippen LogP contribution in [0.3, 0.4) is 0 Å². The zero-order valence-corrected chi connectivity index (χ0v) is 12.2. The lowest BCUT2D eigenvalue weighted by molar-refractivity contribution is -0.118. The first-order valence-corrected chi connectivity index (χ1v) is 7.16. The van der Waals surface area contributed by atoms with Crippen molar-refractivity contribution in [3.8, 4) is 0 Å². The minimum Gasteiger partial charge on any atom is -0.325 e. The van der Waals surface area contributed by atoms with Crippen molar-refractivity contribution in [3.05, 3.63) is 65.0 Å². The summed E-state index contributed by atoms with van der Waals surface area (Å²) in [7, 11) is 0. The van der Waals surface area contributed by atoms with Gasteiger partial charge in [-0.3, -0.25) is 4.79 Å². The number of hydrogen-bond donors (Lipinski definition) is 1. The van der Waals surface area contributed by atoms with Crippen LogP contribution in [-0.4, -0.2) is 5.91 Å². The molecule has 3 rings (SSSR count). The maximum atomic E-state index is 13.0. The molecule has 21 heavy (non-hydrogen) atoms. The Morgan fingerprint density at radius 2 is 1.76 bits per heavy atom. The molecule has 0 atom stereocenters. The van der Waals surface area contributed by atoms with Crippen molar-refractivity contribution in [1.82, 2.24) is 0 Å². The van der Waals surface area contributed by atoms with Gasteiger partial charge in [0.25, 0.3) is 0 Å². The summed E-state index contributed by atoms with van der Waals surface area (Å²) >= 11 is 0. The molecule has 1 fully saturated rings. The number of aryl methyl sites for hydroxylation is 2. The van der Waals surface area contributed by atoms with Crippen molar-refractivity contribution in [2.45, 2.75) is 32.1 Å². The van der Waals surface area contributed by atoms with Crippen LogP contribution in [0.1, 0.15) is 29.5 Å². The fourth-order valence-corrected chi connectivity index (χ4v) is 2.74. The topological polar surface area (TPSA) is 29.1 Å². The molecule has 2 nitrogen and oxygen atoms in total. The first-order valence-electron chi connectivity index (χ1n) is 7.16. The van der Waals surface area contributed by atoms with Crippen LogP contribution in [0.2, 0.25) is 0 Å². The zero-order valence-electron chi connectivity index (χ0n) is 12.2. The predicted octanol–water partition coefficient (Wildman–Crippen LogP) is 4.11. The van der Waals surface area contributed by atoms with Gasteiger partial charge in [0.1, 0.15) is 5.82 Å². The molecule has 1 aliphatic rings. The monoisotopic (exact) mass is 283 g/mol. The van der Waals surface area contributed by atoms with E-state index in [0.717, 1.165) is 29.7 Å². The molecule has 0 radical (unpaired) electrons. The smallest absolute Gasteiger partial charge is 0.235 e. The highest BCUT2D eigenvalue weighted by Gasteiger charge is 2.51. The van der Waals surface area contributed by atoms with Crippen molar-refractivity contribution in [1.29, 1.82) is 0 Å². The standard InChI is InChI=1S/C18H18FNO/c1-12-3-8-16(13(2)11-12)20-17(21)18(9-10-18)14-4-6-15(19)7-5-14/h3-8,11H,9-10H2,1-2H3,(H,20,21). The average Bonchev–Trinajstić information content (AvgIpc) is 3.24. The lowest BCUT2D eigenvalue weighted by Gasteiger charge is -2.17. The van der Waals surface area contributed by atoms with Crippen molar-refractivity contribution < 1.29 is 9.18 Å². The van der Waals surface area contributed by atoms with Gasteiger partial charge < -0.3 is 5.32 Å². The third-order valence-electron chi connectivity index (χ3n) is 4.21. The summed E-state index contributed by atoms with van der Waals surface area (Å²) in [5, 5.41) is 3.02. The van der Waals surface area contributed by atoms with E-state index in [4.69, 9.17) is 0 Å². The van der Waals surface area contributed by atoms with Crippen molar-refractivity contribution >= 4 is 11.6 Å². The number of benzene rings is 2. The average molecular weight is 283 g/mol. The maximum absolute atomic E-state index is 13.0. The van der Waals surface area contributed by atoms with Crippen molar-refractivity contribution in [2.24, 2.45) is 0 Å². The minimum absolute atomic E-state index is 0.000983. The first-order chi connectivity index (χ1) is 10.0. The predicted molar refractivity (Wildman–Crippen MR) is 81.9 cm³/mol. The van der Waals surface area contributed by atoms with Gasteiger partial charge in [-0.25, -0.2) is 4.39 Å². The Morgan fingerprint density at radius 1 is 1.10 bits per heavy atom. The molecule has 0 heterocycles. The molecule has 1 aliphatic carbocycles. The molecule has 0 spiro atoms.